The zero-order chi connectivity index (χ0) is 24.2. The molecule has 33 heavy (non-hydrogen) atoms. The standard InChI is InChI=1S/C18H17NO11S3/c20-17-4-3-14(32(23,24)6-5-28-33(25,26)27)10-16(17)19-12-2-1-11-7-13(31-30-29-22)9-18(21)15(11)8-12/h1-4,7-10,19-22H,5-6H2,(H,25,26,27). The lowest BCUT2D eigenvalue weighted by molar-refractivity contribution is -0.432. The highest BCUT2D eigenvalue weighted by molar-refractivity contribution is 7.94. The van der Waals surface area contributed by atoms with Gasteiger partial charge in [0.2, 0.25) is 0 Å². The Morgan fingerprint density at radius 2 is 1.70 bits per heavy atom. The number of fused-ring (bicyclic) bond motifs is 1. The van der Waals surface area contributed by atoms with E-state index in [2.05, 4.69) is 18.9 Å². The van der Waals surface area contributed by atoms with Crippen molar-refractivity contribution < 1.29 is 50.4 Å². The van der Waals surface area contributed by atoms with Gasteiger partial charge in [0, 0.05) is 16.0 Å². The van der Waals surface area contributed by atoms with E-state index in [9.17, 15) is 27.0 Å². The molecule has 3 rings (SSSR count). The minimum absolute atomic E-state index is 0.0336. The van der Waals surface area contributed by atoms with Crippen LogP contribution in [-0.4, -0.2) is 49.2 Å². The van der Waals surface area contributed by atoms with Gasteiger partial charge in [-0.3, -0.25) is 4.55 Å². The van der Waals surface area contributed by atoms with E-state index in [0.29, 0.717) is 33.4 Å². The molecule has 0 radical (unpaired) electrons. The largest absolute Gasteiger partial charge is 0.507 e. The van der Waals surface area contributed by atoms with Crippen molar-refractivity contribution in [1.29, 1.82) is 0 Å². The molecule has 0 spiro atoms. The molecular formula is C18H17NO11S3. The third kappa shape index (κ3) is 6.68. The third-order valence-corrected chi connectivity index (χ3v) is 6.95. The lowest BCUT2D eigenvalue weighted by atomic mass is 10.1. The van der Waals surface area contributed by atoms with Crippen LogP contribution in [0.4, 0.5) is 11.4 Å². The monoisotopic (exact) mass is 519 g/mol. The van der Waals surface area contributed by atoms with Crippen LogP contribution in [0.2, 0.25) is 0 Å². The summed E-state index contributed by atoms with van der Waals surface area (Å²) in [6.45, 7) is -0.787. The van der Waals surface area contributed by atoms with Gasteiger partial charge in [-0.2, -0.15) is 8.42 Å². The Kier molecular flexibility index (Phi) is 7.65. The number of aromatic hydroxyl groups is 2. The fourth-order valence-electron chi connectivity index (χ4n) is 2.82. The van der Waals surface area contributed by atoms with Gasteiger partial charge in [-0.1, -0.05) is 11.1 Å². The van der Waals surface area contributed by atoms with E-state index in [0.717, 1.165) is 18.2 Å². The Labute approximate surface area is 192 Å². The quantitative estimate of drug-likeness (QED) is 0.0865. The highest BCUT2D eigenvalue weighted by Gasteiger charge is 2.18. The van der Waals surface area contributed by atoms with Crippen molar-refractivity contribution in [3.63, 3.8) is 0 Å². The number of phenolic OH excluding ortho intramolecular Hbond substituents is 2. The smallest absolute Gasteiger partial charge is 0.397 e. The molecule has 3 aromatic rings. The van der Waals surface area contributed by atoms with E-state index in [1.807, 2.05) is 0 Å². The van der Waals surface area contributed by atoms with Crippen LogP contribution in [0.15, 0.2) is 58.3 Å². The molecule has 0 unspecified atom stereocenters. The Morgan fingerprint density at radius 1 is 0.939 bits per heavy atom. The van der Waals surface area contributed by atoms with E-state index >= 15 is 0 Å². The van der Waals surface area contributed by atoms with E-state index in [1.165, 1.54) is 6.07 Å². The maximum Gasteiger partial charge on any atom is 0.397 e. The Hall–Kier alpha value is -2.63. The topological polar surface area (TPSA) is 189 Å². The van der Waals surface area contributed by atoms with Crippen LogP contribution in [-0.2, 0) is 33.8 Å². The minimum atomic E-state index is -4.78. The fourth-order valence-corrected chi connectivity index (χ4v) is 4.78. The van der Waals surface area contributed by atoms with Gasteiger partial charge in [0.05, 0.1) is 35.0 Å². The Balaban J connectivity index is 1.85. The number of hydrogen-bond acceptors (Lipinski definition) is 12. The second kappa shape index (κ2) is 10.1. The van der Waals surface area contributed by atoms with Crippen LogP contribution in [0.5, 0.6) is 11.5 Å². The lowest BCUT2D eigenvalue weighted by Gasteiger charge is -2.12. The van der Waals surface area contributed by atoms with Crippen molar-refractivity contribution >= 4 is 54.4 Å². The molecule has 3 aromatic carbocycles. The summed E-state index contributed by atoms with van der Waals surface area (Å²) < 4.78 is 63.0. The Bertz CT molecular complexity index is 1370. The molecule has 0 atom stereocenters. The Morgan fingerprint density at radius 3 is 2.39 bits per heavy atom. The number of phenols is 2. The summed E-state index contributed by atoms with van der Waals surface area (Å²) in [5.74, 6) is -1.10. The van der Waals surface area contributed by atoms with Crippen LogP contribution in [0, 0.1) is 0 Å². The molecule has 0 aliphatic carbocycles. The molecule has 0 heterocycles. The molecule has 0 aliphatic heterocycles. The molecular weight excluding hydrogens is 502 g/mol. The van der Waals surface area contributed by atoms with Crippen LogP contribution < -0.4 is 5.32 Å². The van der Waals surface area contributed by atoms with E-state index in [1.54, 1.807) is 24.3 Å². The molecule has 12 nitrogen and oxygen atoms in total. The third-order valence-electron chi connectivity index (χ3n) is 4.26. The fraction of sp³-hybridized carbons (Fsp3) is 0.111. The number of sulfone groups is 1. The van der Waals surface area contributed by atoms with Gasteiger partial charge in [-0.05, 0) is 47.9 Å². The van der Waals surface area contributed by atoms with E-state index in [4.69, 9.17) is 9.81 Å². The molecule has 0 fully saturated rings. The van der Waals surface area contributed by atoms with Crippen molar-refractivity contribution in [2.24, 2.45) is 0 Å². The summed E-state index contributed by atoms with van der Waals surface area (Å²) in [5, 5.41) is 36.1. The maximum absolute atomic E-state index is 12.4. The molecule has 0 saturated heterocycles. The van der Waals surface area contributed by atoms with Gasteiger partial charge in [0.15, 0.2) is 9.84 Å². The highest BCUT2D eigenvalue weighted by Crippen LogP contribution is 2.35. The molecule has 15 heteroatoms. The zero-order valence-electron chi connectivity index (χ0n) is 16.4. The van der Waals surface area contributed by atoms with Crippen molar-refractivity contribution in [2.75, 3.05) is 17.7 Å². The number of hydrogen-bond donors (Lipinski definition) is 5. The number of rotatable bonds is 10. The summed E-state index contributed by atoms with van der Waals surface area (Å²) in [6.07, 6.45) is 0. The lowest BCUT2D eigenvalue weighted by Crippen LogP contribution is -2.15. The predicted molar refractivity (Wildman–Crippen MR) is 117 cm³/mol. The van der Waals surface area contributed by atoms with Gasteiger partial charge in [0.25, 0.3) is 0 Å². The van der Waals surface area contributed by atoms with E-state index < -0.39 is 32.6 Å². The van der Waals surface area contributed by atoms with Crippen molar-refractivity contribution in [3.8, 4) is 11.5 Å². The van der Waals surface area contributed by atoms with Crippen LogP contribution >= 0.6 is 12.0 Å². The molecule has 0 saturated carbocycles. The first-order valence-electron chi connectivity index (χ1n) is 8.85. The van der Waals surface area contributed by atoms with E-state index in [-0.39, 0.29) is 22.1 Å². The van der Waals surface area contributed by atoms with Crippen molar-refractivity contribution in [2.45, 2.75) is 9.79 Å². The number of benzene rings is 3. The molecule has 0 amide bonds. The first-order valence-corrected chi connectivity index (χ1v) is 12.6. The number of anilines is 2. The van der Waals surface area contributed by atoms with Gasteiger partial charge >= 0.3 is 10.4 Å². The summed E-state index contributed by atoms with van der Waals surface area (Å²) in [5.41, 5.74) is 0.444. The van der Waals surface area contributed by atoms with Gasteiger partial charge in [-0.25, -0.2) is 17.9 Å². The highest BCUT2D eigenvalue weighted by atomic mass is 32.3. The second-order valence-corrected chi connectivity index (χ2v) is 10.5. The predicted octanol–water partition coefficient (Wildman–Crippen LogP) is 3.02. The van der Waals surface area contributed by atoms with Crippen molar-refractivity contribution in [1.82, 2.24) is 0 Å². The van der Waals surface area contributed by atoms with Crippen LogP contribution in [0.1, 0.15) is 0 Å². The number of nitrogens with one attached hydrogen (secondary N) is 1. The molecule has 178 valence electrons. The first kappa shape index (κ1) is 25.0. The summed E-state index contributed by atoms with van der Waals surface area (Å²) in [6, 6.07) is 11.3. The van der Waals surface area contributed by atoms with Crippen LogP contribution in [0.3, 0.4) is 0 Å². The maximum atomic E-state index is 12.4. The zero-order valence-corrected chi connectivity index (χ0v) is 18.9. The molecule has 5 N–H and O–H groups in total. The average molecular weight is 520 g/mol. The summed E-state index contributed by atoms with van der Waals surface area (Å²) in [7, 11) is -8.78. The molecule has 0 aliphatic rings. The minimum Gasteiger partial charge on any atom is -0.507 e. The second-order valence-electron chi connectivity index (χ2n) is 6.48. The average Bonchev–Trinajstić information content (AvgIpc) is 2.73. The van der Waals surface area contributed by atoms with Gasteiger partial charge in [-0.15, -0.1) is 4.33 Å². The normalized spacial score (nSPS) is 12.2. The van der Waals surface area contributed by atoms with Crippen molar-refractivity contribution in [3.05, 3.63) is 48.5 Å². The SMILES string of the molecule is O=S(=O)(O)OCCS(=O)(=O)c1ccc(O)c(Nc2ccc3cc(SOOO)cc(O)c3c2)c1. The summed E-state index contributed by atoms with van der Waals surface area (Å²) in [4.78, 5) is 0.224. The summed E-state index contributed by atoms with van der Waals surface area (Å²) >= 11 is 0.675. The van der Waals surface area contributed by atoms with Crippen LogP contribution in [0.25, 0.3) is 10.8 Å². The first-order chi connectivity index (χ1) is 15.5. The molecule has 0 bridgehead atoms. The van der Waals surface area contributed by atoms with Gasteiger partial charge in [0.1, 0.15) is 11.5 Å². The van der Waals surface area contributed by atoms with Gasteiger partial charge < -0.3 is 15.5 Å². The molecule has 0 aromatic heterocycles.